The van der Waals surface area contributed by atoms with Gasteiger partial charge in [-0.1, -0.05) is 34.1 Å². The van der Waals surface area contributed by atoms with Crippen LogP contribution in [0.5, 0.6) is 0 Å². The number of nitrogens with one attached hydrogen (secondary N) is 1. The van der Waals surface area contributed by atoms with Crippen molar-refractivity contribution in [3.05, 3.63) is 0 Å². The van der Waals surface area contributed by atoms with Gasteiger partial charge in [0.2, 0.25) is 0 Å². The van der Waals surface area contributed by atoms with Gasteiger partial charge in [-0.05, 0) is 13.0 Å². The Balaban J connectivity index is 4.24. The molecule has 0 saturated heterocycles. The summed E-state index contributed by atoms with van der Waals surface area (Å²) in [6.07, 6.45) is 1.05. The average molecular weight is 171 g/mol. The predicted molar refractivity (Wildman–Crippen MR) is 52.1 cm³/mol. The second kappa shape index (κ2) is 5.31. The van der Waals surface area contributed by atoms with Crippen molar-refractivity contribution in [1.29, 1.82) is 0 Å². The van der Waals surface area contributed by atoms with E-state index in [1.165, 1.54) is 0 Å². The van der Waals surface area contributed by atoms with E-state index >= 15 is 0 Å². The monoisotopic (exact) mass is 171 g/mol. The van der Waals surface area contributed by atoms with Gasteiger partial charge in [-0.25, -0.2) is 0 Å². The summed E-state index contributed by atoms with van der Waals surface area (Å²) >= 11 is 0. The van der Waals surface area contributed by atoms with E-state index in [-0.39, 0.29) is 12.0 Å². The van der Waals surface area contributed by atoms with Crippen LogP contribution in [0.1, 0.15) is 34.1 Å². The number of hydrogen-bond acceptors (Lipinski definition) is 2. The van der Waals surface area contributed by atoms with E-state index in [2.05, 4.69) is 19.2 Å². The lowest BCUT2D eigenvalue weighted by Crippen LogP contribution is -2.41. The van der Waals surface area contributed by atoms with E-state index in [4.69, 9.17) is 0 Å². The lowest BCUT2D eigenvalue weighted by Gasteiger charge is -2.22. The molecule has 0 fully saturated rings. The van der Waals surface area contributed by atoms with Crippen molar-refractivity contribution in [2.75, 3.05) is 7.05 Å². The predicted octanol–water partition coefficient (Wildman–Crippen LogP) is 1.85. The molecule has 1 unspecified atom stereocenters. The number of carbonyl (C=O) groups is 1. The summed E-state index contributed by atoms with van der Waals surface area (Å²) in [6.45, 7) is 8.13. The molecule has 0 saturated carbocycles. The van der Waals surface area contributed by atoms with Gasteiger partial charge in [0.05, 0.1) is 6.04 Å². The minimum atomic E-state index is 0.0370. The molecule has 0 amide bonds. The molecule has 2 atom stereocenters. The first-order valence-electron chi connectivity index (χ1n) is 4.75. The minimum absolute atomic E-state index is 0.0370. The van der Waals surface area contributed by atoms with Gasteiger partial charge in [-0.2, -0.15) is 0 Å². The third-order valence-electron chi connectivity index (χ3n) is 2.40. The number of hydrogen-bond donors (Lipinski definition) is 1. The Labute approximate surface area is 75.7 Å². The second-order valence-electron chi connectivity index (χ2n) is 3.71. The number of rotatable bonds is 5. The van der Waals surface area contributed by atoms with Gasteiger partial charge in [0.1, 0.15) is 0 Å². The summed E-state index contributed by atoms with van der Waals surface area (Å²) in [7, 11) is 1.86. The fourth-order valence-corrected chi connectivity index (χ4v) is 1.30. The Bertz CT molecular complexity index is 143. The van der Waals surface area contributed by atoms with E-state index in [0.29, 0.717) is 11.7 Å². The molecule has 0 heterocycles. The van der Waals surface area contributed by atoms with Gasteiger partial charge in [0, 0.05) is 5.92 Å². The normalized spacial score (nSPS) is 16.2. The van der Waals surface area contributed by atoms with Crippen LogP contribution in [0.4, 0.5) is 0 Å². The van der Waals surface area contributed by atoms with E-state index < -0.39 is 0 Å². The van der Waals surface area contributed by atoms with Crippen molar-refractivity contribution in [2.45, 2.75) is 40.2 Å². The summed E-state index contributed by atoms with van der Waals surface area (Å²) in [5.41, 5.74) is 0. The van der Waals surface area contributed by atoms with E-state index in [9.17, 15) is 4.79 Å². The lowest BCUT2D eigenvalue weighted by molar-refractivity contribution is -0.125. The number of Topliss-reactive ketones (excluding diaryl/α,β-unsaturated/α-hetero) is 1. The Kier molecular flexibility index (Phi) is 5.14. The maximum absolute atomic E-state index is 11.6. The summed E-state index contributed by atoms with van der Waals surface area (Å²) in [6, 6.07) is 0.0370. The fourth-order valence-electron chi connectivity index (χ4n) is 1.30. The van der Waals surface area contributed by atoms with Crippen molar-refractivity contribution < 1.29 is 4.79 Å². The van der Waals surface area contributed by atoms with Gasteiger partial charge >= 0.3 is 0 Å². The quantitative estimate of drug-likeness (QED) is 0.684. The Morgan fingerprint density at radius 2 is 1.83 bits per heavy atom. The van der Waals surface area contributed by atoms with E-state index in [1.54, 1.807) is 0 Å². The first-order chi connectivity index (χ1) is 5.54. The Morgan fingerprint density at radius 3 is 2.08 bits per heavy atom. The fraction of sp³-hybridized carbons (Fsp3) is 0.900. The van der Waals surface area contributed by atoms with Crippen molar-refractivity contribution in [2.24, 2.45) is 11.8 Å². The molecule has 12 heavy (non-hydrogen) atoms. The molecule has 0 aromatic rings. The maximum Gasteiger partial charge on any atom is 0.152 e. The highest BCUT2D eigenvalue weighted by Crippen LogP contribution is 2.12. The highest BCUT2D eigenvalue weighted by atomic mass is 16.1. The second-order valence-corrected chi connectivity index (χ2v) is 3.71. The van der Waals surface area contributed by atoms with Crippen LogP contribution in [0.2, 0.25) is 0 Å². The summed E-state index contributed by atoms with van der Waals surface area (Å²) < 4.78 is 0. The van der Waals surface area contributed by atoms with Gasteiger partial charge in [0.25, 0.3) is 0 Å². The van der Waals surface area contributed by atoms with Crippen LogP contribution in [-0.4, -0.2) is 18.9 Å². The zero-order valence-electron chi connectivity index (χ0n) is 8.85. The van der Waals surface area contributed by atoms with Crippen LogP contribution < -0.4 is 5.32 Å². The van der Waals surface area contributed by atoms with Crippen LogP contribution in [0.25, 0.3) is 0 Å². The van der Waals surface area contributed by atoms with Crippen molar-refractivity contribution >= 4 is 5.78 Å². The number of carbonyl (C=O) groups excluding carboxylic acids is 1. The molecule has 0 bridgehead atoms. The van der Waals surface area contributed by atoms with Gasteiger partial charge in [0.15, 0.2) is 5.78 Å². The van der Waals surface area contributed by atoms with E-state index in [1.807, 2.05) is 20.9 Å². The molecule has 2 nitrogen and oxygen atoms in total. The molecule has 1 N–H and O–H groups in total. The molecule has 0 radical (unpaired) electrons. The largest absolute Gasteiger partial charge is 0.310 e. The average Bonchev–Trinajstić information content (AvgIpc) is 2.05. The molecular formula is C10H21NO. The summed E-state index contributed by atoms with van der Waals surface area (Å²) in [5, 5.41) is 3.08. The van der Waals surface area contributed by atoms with Crippen LogP contribution in [-0.2, 0) is 4.79 Å². The molecule has 0 aromatic carbocycles. The van der Waals surface area contributed by atoms with Crippen LogP contribution in [0, 0.1) is 11.8 Å². The van der Waals surface area contributed by atoms with E-state index in [0.717, 1.165) is 6.42 Å². The smallest absolute Gasteiger partial charge is 0.152 e. The van der Waals surface area contributed by atoms with Crippen LogP contribution >= 0.6 is 0 Å². The standard InChI is InChI=1S/C10H21NO/c1-6-8(4)9(11-5)10(12)7(2)3/h7-9,11H,6H2,1-5H3/t8?,9-/m1/s1. The molecule has 0 rings (SSSR count). The Hall–Kier alpha value is -0.370. The lowest BCUT2D eigenvalue weighted by atomic mass is 9.90. The third kappa shape index (κ3) is 2.94. The number of likely N-dealkylation sites (N-methyl/N-ethyl adjacent to an activating group) is 1. The van der Waals surface area contributed by atoms with Crippen molar-refractivity contribution in [3.63, 3.8) is 0 Å². The molecule has 0 aliphatic rings. The Morgan fingerprint density at radius 1 is 1.33 bits per heavy atom. The molecule has 2 heteroatoms. The summed E-state index contributed by atoms with van der Waals surface area (Å²) in [4.78, 5) is 11.6. The van der Waals surface area contributed by atoms with Gasteiger partial charge in [-0.3, -0.25) is 4.79 Å². The summed E-state index contributed by atoms with van der Waals surface area (Å²) in [5.74, 6) is 0.896. The SMILES string of the molecule is CCC(C)[C@@H](NC)C(=O)C(C)C. The first-order valence-corrected chi connectivity index (χ1v) is 4.75. The van der Waals surface area contributed by atoms with Gasteiger partial charge < -0.3 is 5.32 Å². The highest BCUT2D eigenvalue weighted by Gasteiger charge is 2.23. The number of ketones is 1. The molecule has 0 aliphatic heterocycles. The molecule has 0 spiro atoms. The topological polar surface area (TPSA) is 29.1 Å². The maximum atomic E-state index is 11.6. The highest BCUT2D eigenvalue weighted by molar-refractivity contribution is 5.85. The van der Waals surface area contributed by atoms with Crippen LogP contribution in [0.15, 0.2) is 0 Å². The van der Waals surface area contributed by atoms with Crippen molar-refractivity contribution in [3.8, 4) is 0 Å². The molecular weight excluding hydrogens is 150 g/mol. The zero-order valence-corrected chi connectivity index (χ0v) is 8.85. The molecule has 0 aromatic heterocycles. The van der Waals surface area contributed by atoms with Gasteiger partial charge in [-0.15, -0.1) is 0 Å². The molecule has 72 valence electrons. The molecule has 0 aliphatic carbocycles. The van der Waals surface area contributed by atoms with Crippen LogP contribution in [0.3, 0.4) is 0 Å². The third-order valence-corrected chi connectivity index (χ3v) is 2.40. The van der Waals surface area contributed by atoms with Crippen molar-refractivity contribution in [1.82, 2.24) is 5.32 Å². The first kappa shape index (κ1) is 11.6. The zero-order chi connectivity index (χ0) is 9.72. The minimum Gasteiger partial charge on any atom is -0.310 e.